The summed E-state index contributed by atoms with van der Waals surface area (Å²) < 4.78 is 79.6. The van der Waals surface area contributed by atoms with E-state index < -0.39 is 56.8 Å². The van der Waals surface area contributed by atoms with E-state index in [4.69, 9.17) is 11.6 Å². The highest BCUT2D eigenvalue weighted by atomic mass is 35.5. The Morgan fingerprint density at radius 1 is 0.762 bits per heavy atom. The van der Waals surface area contributed by atoms with E-state index in [-0.39, 0.29) is 0 Å². The average Bonchev–Trinajstić information content (AvgIpc) is 2.42. The van der Waals surface area contributed by atoms with Crippen LogP contribution < -0.4 is 0 Å². The van der Waals surface area contributed by atoms with Crippen LogP contribution in [0.25, 0.3) is 11.1 Å². The molecule has 0 radical (unpaired) electrons. The highest BCUT2D eigenvalue weighted by molar-refractivity contribution is 6.67. The van der Waals surface area contributed by atoms with Crippen molar-refractivity contribution in [3.63, 3.8) is 0 Å². The largest absolute Gasteiger partial charge is 0.276 e. The second-order valence-electron chi connectivity index (χ2n) is 3.95. The summed E-state index contributed by atoms with van der Waals surface area (Å²) in [5, 5.41) is -1.15. The summed E-state index contributed by atoms with van der Waals surface area (Å²) in [6, 6.07) is 1.89. The standard InChI is InChI=1S/C13H3ClF6O/c14-13(21)5-1-4(2-6(15)3-5)7-8(16)10(18)12(20)11(19)9(7)17/h1-3H. The molecule has 0 unspecified atom stereocenters. The number of halogens is 7. The van der Waals surface area contributed by atoms with Crippen LogP contribution in [0.3, 0.4) is 0 Å². The van der Waals surface area contributed by atoms with Gasteiger partial charge < -0.3 is 0 Å². The van der Waals surface area contributed by atoms with Gasteiger partial charge >= 0.3 is 0 Å². The molecule has 0 aliphatic heterocycles. The quantitative estimate of drug-likeness (QED) is 0.342. The van der Waals surface area contributed by atoms with E-state index in [1.54, 1.807) is 0 Å². The van der Waals surface area contributed by atoms with Crippen molar-refractivity contribution in [3.8, 4) is 11.1 Å². The maximum atomic E-state index is 13.6. The zero-order valence-electron chi connectivity index (χ0n) is 9.79. The molecule has 2 rings (SSSR count). The van der Waals surface area contributed by atoms with Crippen LogP contribution in [0.2, 0.25) is 0 Å². The van der Waals surface area contributed by atoms with Gasteiger partial charge in [-0.25, -0.2) is 26.3 Å². The smallest absolute Gasteiger partial charge is 0.252 e. The first-order valence-corrected chi connectivity index (χ1v) is 5.64. The molecule has 2 aromatic rings. The Kier molecular flexibility index (Phi) is 3.95. The number of carbonyl (C=O) groups excluding carboxylic acids is 1. The maximum absolute atomic E-state index is 13.6. The molecule has 110 valence electrons. The van der Waals surface area contributed by atoms with E-state index in [9.17, 15) is 31.1 Å². The molecular weight excluding hydrogens is 322 g/mol. The fourth-order valence-electron chi connectivity index (χ4n) is 1.71. The van der Waals surface area contributed by atoms with E-state index in [2.05, 4.69) is 0 Å². The molecule has 8 heteroatoms. The number of rotatable bonds is 2. The minimum Gasteiger partial charge on any atom is -0.276 e. The number of hydrogen-bond acceptors (Lipinski definition) is 1. The van der Waals surface area contributed by atoms with Crippen LogP contribution in [-0.4, -0.2) is 5.24 Å². The molecule has 21 heavy (non-hydrogen) atoms. The van der Waals surface area contributed by atoms with Gasteiger partial charge in [-0.15, -0.1) is 0 Å². The van der Waals surface area contributed by atoms with Crippen LogP contribution in [0.5, 0.6) is 0 Å². The Labute approximate surface area is 118 Å². The first-order chi connectivity index (χ1) is 9.73. The van der Waals surface area contributed by atoms with Crippen LogP contribution in [0, 0.1) is 34.9 Å². The summed E-state index contributed by atoms with van der Waals surface area (Å²) in [4.78, 5) is 10.9. The molecule has 0 saturated heterocycles. The molecule has 0 aliphatic carbocycles. The van der Waals surface area contributed by atoms with Gasteiger partial charge in [-0.1, -0.05) is 0 Å². The summed E-state index contributed by atoms with van der Waals surface area (Å²) in [7, 11) is 0. The fourth-order valence-corrected chi connectivity index (χ4v) is 1.81. The molecule has 0 aliphatic rings. The van der Waals surface area contributed by atoms with Crippen LogP contribution in [0.1, 0.15) is 10.4 Å². The minimum absolute atomic E-state index is 0.490. The summed E-state index contributed by atoms with van der Waals surface area (Å²) in [6.45, 7) is 0. The lowest BCUT2D eigenvalue weighted by Gasteiger charge is -2.09. The SMILES string of the molecule is O=C(Cl)c1cc(F)cc(-c2c(F)c(F)c(F)c(F)c2F)c1. The van der Waals surface area contributed by atoms with Crippen LogP contribution in [-0.2, 0) is 0 Å². The van der Waals surface area contributed by atoms with Crippen LogP contribution >= 0.6 is 11.6 Å². The monoisotopic (exact) mass is 324 g/mol. The Morgan fingerprint density at radius 2 is 1.24 bits per heavy atom. The molecule has 1 nitrogen and oxygen atoms in total. The first-order valence-electron chi connectivity index (χ1n) is 5.26. The van der Waals surface area contributed by atoms with Crippen molar-refractivity contribution in [2.24, 2.45) is 0 Å². The van der Waals surface area contributed by atoms with Gasteiger partial charge in [0.15, 0.2) is 23.3 Å². The van der Waals surface area contributed by atoms with Crippen molar-refractivity contribution in [2.75, 3.05) is 0 Å². The van der Waals surface area contributed by atoms with Gasteiger partial charge in [0, 0.05) is 5.56 Å². The van der Waals surface area contributed by atoms with Gasteiger partial charge in [0.25, 0.3) is 5.24 Å². The third-order valence-electron chi connectivity index (χ3n) is 2.62. The van der Waals surface area contributed by atoms with Crippen LogP contribution in [0.15, 0.2) is 18.2 Å². The molecule has 0 saturated carbocycles. The number of benzene rings is 2. The van der Waals surface area contributed by atoms with Crippen molar-refractivity contribution < 1.29 is 31.1 Å². The zero-order chi connectivity index (χ0) is 15.9. The minimum atomic E-state index is -2.33. The lowest BCUT2D eigenvalue weighted by molar-refractivity contribution is 0.108. The molecule has 0 spiro atoms. The summed E-state index contributed by atoms with van der Waals surface area (Å²) in [5.41, 5.74) is -2.53. The van der Waals surface area contributed by atoms with Gasteiger partial charge in [-0.3, -0.25) is 4.79 Å². The normalized spacial score (nSPS) is 10.8. The van der Waals surface area contributed by atoms with Crippen molar-refractivity contribution in [3.05, 3.63) is 58.7 Å². The summed E-state index contributed by atoms with van der Waals surface area (Å²) in [6.07, 6.45) is 0. The predicted octanol–water partition coefficient (Wildman–Crippen LogP) is 4.57. The van der Waals surface area contributed by atoms with E-state index >= 15 is 0 Å². The number of carbonyl (C=O) groups is 1. The van der Waals surface area contributed by atoms with Gasteiger partial charge in [0.2, 0.25) is 5.82 Å². The fraction of sp³-hybridized carbons (Fsp3) is 0. The Morgan fingerprint density at radius 3 is 1.71 bits per heavy atom. The number of hydrogen-bond donors (Lipinski definition) is 0. The molecule has 0 fully saturated rings. The molecule has 2 aromatic carbocycles. The Balaban J connectivity index is 2.82. The average molecular weight is 325 g/mol. The topological polar surface area (TPSA) is 17.1 Å². The summed E-state index contributed by atoms with van der Waals surface area (Å²) in [5.74, 6) is -12.1. The Bertz CT molecular complexity index is 730. The molecule has 0 heterocycles. The van der Waals surface area contributed by atoms with Gasteiger partial charge in [0.05, 0.1) is 5.56 Å². The molecule has 0 bridgehead atoms. The molecule has 0 N–H and O–H groups in total. The van der Waals surface area contributed by atoms with Crippen molar-refractivity contribution in [1.29, 1.82) is 0 Å². The van der Waals surface area contributed by atoms with E-state index in [1.165, 1.54) is 0 Å². The third-order valence-corrected chi connectivity index (χ3v) is 2.84. The molecule has 0 amide bonds. The van der Waals surface area contributed by atoms with Gasteiger partial charge in [-0.2, -0.15) is 0 Å². The van der Waals surface area contributed by atoms with Crippen molar-refractivity contribution in [1.82, 2.24) is 0 Å². The maximum Gasteiger partial charge on any atom is 0.252 e. The molecule has 0 aromatic heterocycles. The van der Waals surface area contributed by atoms with Gasteiger partial charge in [0.1, 0.15) is 5.82 Å². The molecule has 0 atom stereocenters. The predicted molar refractivity (Wildman–Crippen MR) is 61.8 cm³/mol. The zero-order valence-corrected chi connectivity index (χ0v) is 10.5. The second kappa shape index (κ2) is 5.40. The summed E-state index contributed by atoms with van der Waals surface area (Å²) >= 11 is 5.10. The highest BCUT2D eigenvalue weighted by Crippen LogP contribution is 2.32. The van der Waals surface area contributed by atoms with Crippen molar-refractivity contribution in [2.45, 2.75) is 0 Å². The first kappa shape index (κ1) is 15.4. The highest BCUT2D eigenvalue weighted by Gasteiger charge is 2.27. The second-order valence-corrected chi connectivity index (χ2v) is 4.29. The molecular formula is C13H3ClF6O. The van der Waals surface area contributed by atoms with E-state index in [0.29, 0.717) is 12.1 Å². The van der Waals surface area contributed by atoms with Crippen LogP contribution in [0.4, 0.5) is 26.3 Å². The van der Waals surface area contributed by atoms with E-state index in [1.807, 2.05) is 0 Å². The van der Waals surface area contributed by atoms with E-state index in [0.717, 1.165) is 6.07 Å². The lowest BCUT2D eigenvalue weighted by atomic mass is 10.0. The third kappa shape index (κ3) is 2.61. The Hall–Kier alpha value is -2.02. The lowest BCUT2D eigenvalue weighted by Crippen LogP contribution is -2.04. The van der Waals surface area contributed by atoms with Crippen molar-refractivity contribution >= 4 is 16.8 Å². The van der Waals surface area contributed by atoms with Gasteiger partial charge in [-0.05, 0) is 35.4 Å².